The van der Waals surface area contributed by atoms with E-state index in [-0.39, 0.29) is 18.0 Å². The Morgan fingerprint density at radius 1 is 1.12 bits per heavy atom. The molecule has 9 nitrogen and oxygen atoms in total. The summed E-state index contributed by atoms with van der Waals surface area (Å²) in [5.74, 6) is -1.01. The van der Waals surface area contributed by atoms with Gasteiger partial charge in [0.2, 0.25) is 0 Å². The van der Waals surface area contributed by atoms with Gasteiger partial charge in [-0.2, -0.15) is 10.2 Å². The maximum absolute atomic E-state index is 12.7. The minimum atomic E-state index is -0.744. The third kappa shape index (κ3) is 5.42. The van der Waals surface area contributed by atoms with E-state index >= 15 is 0 Å². The zero-order valence-electron chi connectivity index (χ0n) is 19.5. The Hall–Kier alpha value is -3.46. The molecule has 0 aliphatic heterocycles. The van der Waals surface area contributed by atoms with E-state index in [0.717, 1.165) is 16.9 Å². The molecular weight excluding hydrogens is 406 g/mol. The first-order valence-electron chi connectivity index (χ1n) is 10.5. The van der Waals surface area contributed by atoms with Gasteiger partial charge >= 0.3 is 11.8 Å². The molecule has 0 spiro atoms. The van der Waals surface area contributed by atoms with Crippen molar-refractivity contribution in [1.82, 2.24) is 29.8 Å². The van der Waals surface area contributed by atoms with Crippen molar-refractivity contribution in [3.05, 3.63) is 60.0 Å². The number of nitrogens with zero attached hydrogens (tertiary/aromatic N) is 5. The highest BCUT2D eigenvalue weighted by molar-refractivity contribution is 6.39. The summed E-state index contributed by atoms with van der Waals surface area (Å²) in [4.78, 5) is 27.2. The van der Waals surface area contributed by atoms with E-state index in [0.29, 0.717) is 5.82 Å². The van der Waals surface area contributed by atoms with E-state index in [9.17, 15) is 9.59 Å². The summed E-state index contributed by atoms with van der Waals surface area (Å²) in [6.45, 7) is 6.41. The zero-order valence-corrected chi connectivity index (χ0v) is 19.5. The molecule has 32 heavy (non-hydrogen) atoms. The Morgan fingerprint density at radius 2 is 1.81 bits per heavy atom. The fourth-order valence-electron chi connectivity index (χ4n) is 3.26. The van der Waals surface area contributed by atoms with Crippen LogP contribution in [0.2, 0.25) is 0 Å². The van der Waals surface area contributed by atoms with Gasteiger partial charge in [-0.3, -0.25) is 14.3 Å². The summed E-state index contributed by atoms with van der Waals surface area (Å²) in [5, 5.41) is 14.3. The Balaban J connectivity index is 1.74. The smallest absolute Gasteiger partial charge is 0.314 e. The summed E-state index contributed by atoms with van der Waals surface area (Å²) in [6.07, 6.45) is 3.65. The fourth-order valence-corrected chi connectivity index (χ4v) is 3.26. The molecule has 1 aromatic carbocycles. The summed E-state index contributed by atoms with van der Waals surface area (Å²) >= 11 is 0. The molecule has 0 aliphatic rings. The van der Waals surface area contributed by atoms with Crippen LogP contribution in [0.15, 0.2) is 48.8 Å². The molecular formula is C23H31N7O2. The van der Waals surface area contributed by atoms with Gasteiger partial charge in [-0.15, -0.1) is 0 Å². The summed E-state index contributed by atoms with van der Waals surface area (Å²) in [5.41, 5.74) is 2.34. The number of carbonyl (C=O) groups is 2. The summed E-state index contributed by atoms with van der Waals surface area (Å²) in [6, 6.07) is 11.2. The standard InChI is InChI=1S/C23H31N7O2/c1-23(2,3)19-12-20(30(27-19)17-10-8-7-9-11-17)26-22(32)21(31)24-14-18(28(4)5)16-13-25-29(6)15-16/h7-13,15,18H,14H2,1-6H3,(H,24,31)(H,26,32). The van der Waals surface area contributed by atoms with E-state index in [2.05, 4.69) is 20.8 Å². The van der Waals surface area contributed by atoms with Crippen molar-refractivity contribution in [3.63, 3.8) is 0 Å². The average molecular weight is 438 g/mol. The number of nitrogens with one attached hydrogen (secondary N) is 2. The molecule has 2 amide bonds. The normalized spacial score (nSPS) is 12.6. The second kappa shape index (κ2) is 9.35. The number of aromatic nitrogens is 4. The van der Waals surface area contributed by atoms with Gasteiger partial charge in [0, 0.05) is 36.8 Å². The van der Waals surface area contributed by atoms with E-state index < -0.39 is 11.8 Å². The largest absolute Gasteiger partial charge is 0.346 e. The number of para-hydroxylation sites is 1. The minimum absolute atomic E-state index is 0.109. The summed E-state index contributed by atoms with van der Waals surface area (Å²) in [7, 11) is 5.66. The summed E-state index contributed by atoms with van der Waals surface area (Å²) < 4.78 is 3.35. The number of carbonyl (C=O) groups excluding carboxylic acids is 2. The van der Waals surface area contributed by atoms with E-state index in [4.69, 9.17) is 0 Å². The molecule has 9 heteroatoms. The molecule has 3 aromatic rings. The third-order valence-electron chi connectivity index (χ3n) is 5.12. The van der Waals surface area contributed by atoms with Gasteiger partial charge in [-0.1, -0.05) is 39.0 Å². The van der Waals surface area contributed by atoms with Crippen LogP contribution in [-0.4, -0.2) is 56.9 Å². The fraction of sp³-hybridized carbons (Fsp3) is 0.391. The number of amides is 2. The van der Waals surface area contributed by atoms with Crippen LogP contribution in [0.25, 0.3) is 5.69 Å². The van der Waals surface area contributed by atoms with Crippen LogP contribution in [-0.2, 0) is 22.1 Å². The number of anilines is 1. The van der Waals surface area contributed by atoms with Gasteiger partial charge in [0.15, 0.2) is 0 Å². The Labute approximate surface area is 188 Å². The van der Waals surface area contributed by atoms with Gasteiger partial charge in [0.05, 0.1) is 23.6 Å². The lowest BCUT2D eigenvalue weighted by atomic mass is 9.92. The minimum Gasteiger partial charge on any atom is -0.346 e. The van der Waals surface area contributed by atoms with E-state index in [1.807, 2.05) is 83.3 Å². The van der Waals surface area contributed by atoms with Crippen LogP contribution in [0, 0.1) is 0 Å². The molecule has 2 heterocycles. The van der Waals surface area contributed by atoms with Gasteiger partial charge in [0.25, 0.3) is 0 Å². The lowest BCUT2D eigenvalue weighted by molar-refractivity contribution is -0.136. The number of likely N-dealkylation sites (N-methyl/N-ethyl adjacent to an activating group) is 1. The first-order valence-corrected chi connectivity index (χ1v) is 10.5. The molecule has 170 valence electrons. The molecule has 1 unspecified atom stereocenters. The number of hydrogen-bond donors (Lipinski definition) is 2. The highest BCUT2D eigenvalue weighted by Crippen LogP contribution is 2.26. The molecule has 0 saturated heterocycles. The van der Waals surface area contributed by atoms with Crippen molar-refractivity contribution in [3.8, 4) is 5.69 Å². The Kier molecular flexibility index (Phi) is 6.78. The van der Waals surface area contributed by atoms with Crippen molar-refractivity contribution in [2.24, 2.45) is 7.05 Å². The highest BCUT2D eigenvalue weighted by Gasteiger charge is 2.24. The quantitative estimate of drug-likeness (QED) is 0.577. The van der Waals surface area contributed by atoms with E-state index in [1.54, 1.807) is 21.6 Å². The van der Waals surface area contributed by atoms with Gasteiger partial charge in [0.1, 0.15) is 5.82 Å². The van der Waals surface area contributed by atoms with Gasteiger partial charge in [-0.25, -0.2) is 4.68 Å². The number of rotatable bonds is 6. The molecule has 0 aliphatic carbocycles. The first-order chi connectivity index (χ1) is 15.1. The van der Waals surface area contributed by atoms with Crippen LogP contribution in [0.1, 0.15) is 38.1 Å². The molecule has 2 N–H and O–H groups in total. The van der Waals surface area contributed by atoms with Crippen LogP contribution < -0.4 is 10.6 Å². The second-order valence-corrected chi connectivity index (χ2v) is 9.00. The molecule has 0 radical (unpaired) electrons. The molecule has 0 saturated carbocycles. The van der Waals surface area contributed by atoms with Crippen molar-refractivity contribution < 1.29 is 9.59 Å². The zero-order chi connectivity index (χ0) is 23.5. The maximum Gasteiger partial charge on any atom is 0.314 e. The van der Waals surface area contributed by atoms with Crippen LogP contribution >= 0.6 is 0 Å². The molecule has 3 rings (SSSR count). The van der Waals surface area contributed by atoms with Crippen LogP contribution in [0.5, 0.6) is 0 Å². The number of benzene rings is 1. The predicted octanol–water partition coefficient (Wildman–Crippen LogP) is 2.26. The highest BCUT2D eigenvalue weighted by atomic mass is 16.2. The molecule has 1 atom stereocenters. The topological polar surface area (TPSA) is 97.1 Å². The van der Waals surface area contributed by atoms with E-state index in [1.165, 1.54) is 0 Å². The van der Waals surface area contributed by atoms with Crippen molar-refractivity contribution in [2.45, 2.75) is 32.2 Å². The Bertz CT molecular complexity index is 1080. The second-order valence-electron chi connectivity index (χ2n) is 9.00. The molecule has 0 bridgehead atoms. The average Bonchev–Trinajstić information content (AvgIpc) is 3.35. The van der Waals surface area contributed by atoms with Crippen LogP contribution in [0.4, 0.5) is 5.82 Å². The van der Waals surface area contributed by atoms with Crippen molar-refractivity contribution in [1.29, 1.82) is 0 Å². The monoisotopic (exact) mass is 437 g/mol. The number of aryl methyl sites for hydroxylation is 1. The maximum atomic E-state index is 12.7. The lowest BCUT2D eigenvalue weighted by Gasteiger charge is -2.23. The van der Waals surface area contributed by atoms with Crippen molar-refractivity contribution >= 4 is 17.6 Å². The van der Waals surface area contributed by atoms with Gasteiger partial charge in [-0.05, 0) is 26.2 Å². The lowest BCUT2D eigenvalue weighted by Crippen LogP contribution is -2.40. The predicted molar refractivity (Wildman–Crippen MR) is 124 cm³/mol. The molecule has 2 aromatic heterocycles. The Morgan fingerprint density at radius 3 is 2.38 bits per heavy atom. The SMILES string of the molecule is CN(C)C(CNC(=O)C(=O)Nc1cc(C(C)(C)C)nn1-c1ccccc1)c1cnn(C)c1. The molecule has 0 fully saturated rings. The van der Waals surface area contributed by atoms with Crippen molar-refractivity contribution in [2.75, 3.05) is 26.0 Å². The number of hydrogen-bond acceptors (Lipinski definition) is 5. The van der Waals surface area contributed by atoms with Crippen LogP contribution in [0.3, 0.4) is 0 Å². The van der Waals surface area contributed by atoms with Gasteiger partial charge < -0.3 is 15.5 Å². The third-order valence-corrected chi connectivity index (χ3v) is 5.12. The first kappa shape index (κ1) is 23.2.